The molecule has 4 heteroatoms. The molecule has 1 aliphatic carbocycles. The summed E-state index contributed by atoms with van der Waals surface area (Å²) in [6.45, 7) is 14.2. The first-order chi connectivity index (χ1) is 9.89. The van der Waals surface area contributed by atoms with Crippen LogP contribution < -0.4 is 5.32 Å². The van der Waals surface area contributed by atoms with Crippen LogP contribution in [0.25, 0.3) is 0 Å². The molecule has 1 aromatic heterocycles. The average molecular weight is 291 g/mol. The van der Waals surface area contributed by atoms with E-state index in [2.05, 4.69) is 55.8 Å². The Labute approximate surface area is 128 Å². The van der Waals surface area contributed by atoms with E-state index in [0.29, 0.717) is 18.1 Å². The molecule has 0 spiro atoms. The molecule has 1 aliphatic heterocycles. The Morgan fingerprint density at radius 3 is 2.90 bits per heavy atom. The van der Waals surface area contributed by atoms with Gasteiger partial charge in [-0.1, -0.05) is 20.8 Å². The van der Waals surface area contributed by atoms with Crippen molar-refractivity contribution in [2.24, 2.45) is 17.3 Å². The first-order valence-electron chi connectivity index (χ1n) is 8.25. The number of rotatable bonds is 5. The van der Waals surface area contributed by atoms with Crippen molar-refractivity contribution in [2.45, 2.75) is 59.7 Å². The zero-order chi connectivity index (χ0) is 15.2. The lowest BCUT2D eigenvalue weighted by molar-refractivity contribution is -0.113. The first kappa shape index (κ1) is 15.0. The van der Waals surface area contributed by atoms with Gasteiger partial charge in [-0.25, -0.2) is 0 Å². The number of nitrogens with zero attached hydrogens (tertiary/aromatic N) is 2. The Kier molecular flexibility index (Phi) is 3.87. The molecule has 0 aromatic carbocycles. The van der Waals surface area contributed by atoms with E-state index >= 15 is 0 Å². The van der Waals surface area contributed by atoms with Crippen LogP contribution in [-0.2, 0) is 11.3 Å². The van der Waals surface area contributed by atoms with E-state index in [1.807, 2.05) is 0 Å². The number of aryl methyl sites for hydroxylation is 2. The summed E-state index contributed by atoms with van der Waals surface area (Å²) in [5.74, 6) is 1.31. The van der Waals surface area contributed by atoms with E-state index in [1.54, 1.807) is 0 Å². The molecule has 3 rings (SSSR count). The Morgan fingerprint density at radius 1 is 1.48 bits per heavy atom. The molecule has 118 valence electrons. The van der Waals surface area contributed by atoms with Gasteiger partial charge in [-0.05, 0) is 38.8 Å². The molecule has 1 saturated heterocycles. The van der Waals surface area contributed by atoms with Crippen molar-refractivity contribution >= 4 is 0 Å². The van der Waals surface area contributed by atoms with Crippen LogP contribution in [0.2, 0.25) is 0 Å². The van der Waals surface area contributed by atoms with Gasteiger partial charge >= 0.3 is 0 Å². The van der Waals surface area contributed by atoms with E-state index in [-0.39, 0.29) is 5.41 Å². The van der Waals surface area contributed by atoms with Crippen molar-refractivity contribution in [3.63, 3.8) is 0 Å². The zero-order valence-electron chi connectivity index (χ0n) is 14.0. The van der Waals surface area contributed by atoms with Crippen LogP contribution in [0.3, 0.4) is 0 Å². The fourth-order valence-electron chi connectivity index (χ4n) is 4.29. The minimum Gasteiger partial charge on any atom is -0.377 e. The smallest absolute Gasteiger partial charge is 0.0685 e. The van der Waals surface area contributed by atoms with Crippen LogP contribution in [-0.4, -0.2) is 35.1 Å². The van der Waals surface area contributed by atoms with E-state index in [4.69, 9.17) is 4.74 Å². The maximum atomic E-state index is 5.86. The van der Waals surface area contributed by atoms with Gasteiger partial charge in [0.05, 0.1) is 11.8 Å². The standard InChI is InChI=1S/C17H29N3O/c1-11(10-20-13(3)8-12(2)19-20)9-18-15-14-6-7-21-16(14)17(15,4)5/h8,11,14-16,18H,6-7,9-10H2,1-5H3/t11-,14-,15-,16-/m1/s1. The summed E-state index contributed by atoms with van der Waals surface area (Å²) in [7, 11) is 0. The highest BCUT2D eigenvalue weighted by Crippen LogP contribution is 2.52. The van der Waals surface area contributed by atoms with Gasteiger partial charge in [-0.3, -0.25) is 4.68 Å². The van der Waals surface area contributed by atoms with Gasteiger partial charge in [0.2, 0.25) is 0 Å². The molecule has 0 amide bonds. The van der Waals surface area contributed by atoms with Gasteiger partial charge in [0.25, 0.3) is 0 Å². The summed E-state index contributed by atoms with van der Waals surface area (Å²) in [6, 6.07) is 2.75. The number of fused-ring (bicyclic) bond motifs is 1. The molecular weight excluding hydrogens is 262 g/mol. The predicted molar refractivity (Wildman–Crippen MR) is 84.3 cm³/mol. The van der Waals surface area contributed by atoms with Crippen molar-refractivity contribution in [1.82, 2.24) is 15.1 Å². The molecule has 2 heterocycles. The molecular formula is C17H29N3O. The number of hydrogen-bond donors (Lipinski definition) is 1. The van der Waals surface area contributed by atoms with Gasteiger partial charge in [-0.2, -0.15) is 5.10 Å². The molecule has 2 aliphatic rings. The zero-order valence-corrected chi connectivity index (χ0v) is 14.0. The Bertz CT molecular complexity index is 508. The fourth-order valence-corrected chi connectivity index (χ4v) is 4.29. The van der Waals surface area contributed by atoms with E-state index in [9.17, 15) is 0 Å². The summed E-state index contributed by atoms with van der Waals surface area (Å²) < 4.78 is 8.00. The molecule has 21 heavy (non-hydrogen) atoms. The normalized spacial score (nSPS) is 31.8. The predicted octanol–water partition coefficient (Wildman–Crippen LogP) is 2.54. The Hall–Kier alpha value is -0.870. The molecule has 0 unspecified atom stereocenters. The monoisotopic (exact) mass is 291 g/mol. The third-order valence-corrected chi connectivity index (χ3v) is 5.37. The second kappa shape index (κ2) is 5.40. The quantitative estimate of drug-likeness (QED) is 0.906. The van der Waals surface area contributed by atoms with E-state index in [1.165, 1.54) is 12.1 Å². The molecule has 1 saturated carbocycles. The van der Waals surface area contributed by atoms with Crippen LogP contribution in [0, 0.1) is 31.1 Å². The maximum absolute atomic E-state index is 5.86. The van der Waals surface area contributed by atoms with Crippen LogP contribution in [0.15, 0.2) is 6.07 Å². The summed E-state index contributed by atoms with van der Waals surface area (Å²) in [6.07, 6.45) is 1.69. The topological polar surface area (TPSA) is 39.1 Å². The fraction of sp³-hybridized carbons (Fsp3) is 0.824. The number of aromatic nitrogens is 2. The second-order valence-corrected chi connectivity index (χ2v) is 7.67. The van der Waals surface area contributed by atoms with Crippen LogP contribution in [0.5, 0.6) is 0 Å². The Morgan fingerprint density at radius 2 is 2.24 bits per heavy atom. The minimum absolute atomic E-state index is 0.277. The molecule has 1 aromatic rings. The van der Waals surface area contributed by atoms with Crippen molar-refractivity contribution in [3.05, 3.63) is 17.5 Å². The van der Waals surface area contributed by atoms with Gasteiger partial charge in [0.1, 0.15) is 0 Å². The SMILES string of the molecule is Cc1cc(C)n(C[C@H](C)CN[C@@H]2[C@H]3CCO[C@H]3C2(C)C)n1. The molecule has 2 fully saturated rings. The van der Waals surface area contributed by atoms with Crippen molar-refractivity contribution in [3.8, 4) is 0 Å². The van der Waals surface area contributed by atoms with Crippen LogP contribution in [0.1, 0.15) is 38.6 Å². The van der Waals surface area contributed by atoms with Crippen molar-refractivity contribution < 1.29 is 4.74 Å². The van der Waals surface area contributed by atoms with Gasteiger partial charge in [0.15, 0.2) is 0 Å². The average Bonchev–Trinajstić information content (AvgIpc) is 2.95. The lowest BCUT2D eigenvalue weighted by atomic mass is 9.57. The van der Waals surface area contributed by atoms with Gasteiger partial charge in [-0.15, -0.1) is 0 Å². The second-order valence-electron chi connectivity index (χ2n) is 7.67. The molecule has 1 N–H and O–H groups in total. The summed E-state index contributed by atoms with van der Waals surface area (Å²) in [5.41, 5.74) is 2.64. The summed E-state index contributed by atoms with van der Waals surface area (Å²) in [5, 5.41) is 8.37. The highest BCUT2D eigenvalue weighted by molar-refractivity contribution is 5.11. The van der Waals surface area contributed by atoms with Gasteiger partial charge in [0, 0.05) is 36.2 Å². The van der Waals surface area contributed by atoms with E-state index < -0.39 is 0 Å². The first-order valence-corrected chi connectivity index (χ1v) is 8.25. The van der Waals surface area contributed by atoms with E-state index in [0.717, 1.165) is 31.3 Å². The molecule has 4 nitrogen and oxygen atoms in total. The van der Waals surface area contributed by atoms with Gasteiger partial charge < -0.3 is 10.1 Å². The highest BCUT2D eigenvalue weighted by atomic mass is 16.5. The highest BCUT2D eigenvalue weighted by Gasteiger charge is 2.58. The molecule has 0 bridgehead atoms. The third-order valence-electron chi connectivity index (χ3n) is 5.37. The summed E-state index contributed by atoms with van der Waals surface area (Å²) >= 11 is 0. The number of hydrogen-bond acceptors (Lipinski definition) is 3. The van der Waals surface area contributed by atoms with Crippen LogP contribution >= 0.6 is 0 Å². The maximum Gasteiger partial charge on any atom is 0.0685 e. The third kappa shape index (κ3) is 2.64. The minimum atomic E-state index is 0.277. The largest absolute Gasteiger partial charge is 0.377 e. The van der Waals surface area contributed by atoms with Crippen molar-refractivity contribution in [2.75, 3.05) is 13.2 Å². The number of nitrogens with one attached hydrogen (secondary N) is 1. The lowest BCUT2D eigenvalue weighted by Gasteiger charge is -2.55. The summed E-state index contributed by atoms with van der Waals surface area (Å²) in [4.78, 5) is 0. The Balaban J connectivity index is 1.52. The lowest BCUT2D eigenvalue weighted by Crippen LogP contribution is -2.66. The van der Waals surface area contributed by atoms with Crippen LogP contribution in [0.4, 0.5) is 0 Å². The molecule has 0 radical (unpaired) electrons. The van der Waals surface area contributed by atoms with Crippen molar-refractivity contribution in [1.29, 1.82) is 0 Å². The number of ether oxygens (including phenoxy) is 1. The molecule has 4 atom stereocenters.